The minimum absolute atomic E-state index is 0.437. The summed E-state index contributed by atoms with van der Waals surface area (Å²) in [7, 11) is 0.496. The van der Waals surface area contributed by atoms with Gasteiger partial charge in [0.15, 0.2) is 0 Å². The fourth-order valence-corrected chi connectivity index (χ4v) is 15.7. The molecule has 0 aliphatic heterocycles. The fourth-order valence-electron chi connectivity index (χ4n) is 10.6. The first kappa shape index (κ1) is 31.1. The van der Waals surface area contributed by atoms with E-state index in [2.05, 4.69) is 91.0 Å². The average Bonchev–Trinajstić information content (AvgIpc) is 3.09. The maximum atomic E-state index is 6.35. The van der Waals surface area contributed by atoms with Gasteiger partial charge in [-0.15, -0.1) is 0 Å². The Balaban J connectivity index is 1.33. The molecule has 4 aliphatic rings. The molecular formula is C40H54N2P2. The van der Waals surface area contributed by atoms with Crippen LogP contribution in [0.15, 0.2) is 91.0 Å². The third kappa shape index (κ3) is 6.49. The second-order valence-electron chi connectivity index (χ2n) is 14.7. The van der Waals surface area contributed by atoms with Gasteiger partial charge in [-0.05, 0) is 160 Å². The van der Waals surface area contributed by atoms with E-state index in [-0.39, 0.29) is 0 Å². The van der Waals surface area contributed by atoms with Gasteiger partial charge in [0.2, 0.25) is 0 Å². The first-order valence-electron chi connectivity index (χ1n) is 17.8. The van der Waals surface area contributed by atoms with Crippen LogP contribution in [0.4, 0.5) is 0 Å². The molecule has 0 aromatic heterocycles. The maximum absolute atomic E-state index is 6.35. The van der Waals surface area contributed by atoms with Gasteiger partial charge in [-0.1, -0.05) is 99.6 Å². The van der Waals surface area contributed by atoms with Crippen molar-refractivity contribution < 1.29 is 0 Å². The molecule has 234 valence electrons. The molecule has 44 heavy (non-hydrogen) atoms. The van der Waals surface area contributed by atoms with Gasteiger partial charge in [-0.2, -0.15) is 0 Å². The Bertz CT molecular complexity index is 1260. The molecule has 4 heteroatoms. The molecule has 0 heterocycles. The van der Waals surface area contributed by atoms with Crippen molar-refractivity contribution in [1.29, 1.82) is 0 Å². The van der Waals surface area contributed by atoms with E-state index in [9.17, 15) is 0 Å². The predicted octanol–water partition coefficient (Wildman–Crippen LogP) is 7.66. The van der Waals surface area contributed by atoms with Crippen LogP contribution in [0.1, 0.15) is 64.2 Å². The van der Waals surface area contributed by atoms with Crippen molar-refractivity contribution in [3.8, 4) is 0 Å². The Morgan fingerprint density at radius 1 is 0.545 bits per heavy atom. The lowest BCUT2D eigenvalue weighted by Crippen LogP contribution is -2.53. The normalized spacial score (nSPS) is 35.8. The molecule has 2 nitrogen and oxygen atoms in total. The Morgan fingerprint density at radius 3 is 1.59 bits per heavy atom. The average molecular weight is 625 g/mol. The summed E-state index contributed by atoms with van der Waals surface area (Å²) in [6.45, 7) is 1.76. The van der Waals surface area contributed by atoms with Gasteiger partial charge in [0, 0.05) is 0 Å². The summed E-state index contributed by atoms with van der Waals surface area (Å²) in [6.07, 6.45) is 13.9. The molecule has 11 atom stereocenters. The first-order valence-corrected chi connectivity index (χ1v) is 20.3. The summed E-state index contributed by atoms with van der Waals surface area (Å²) in [6, 6.07) is 35.0. The molecular weight excluding hydrogens is 570 g/mol. The highest BCUT2D eigenvalue weighted by molar-refractivity contribution is 7.73. The lowest BCUT2D eigenvalue weighted by atomic mass is 9.53. The molecule has 4 aliphatic carbocycles. The summed E-state index contributed by atoms with van der Waals surface area (Å²) >= 11 is 0. The molecule has 3 aromatic rings. The van der Waals surface area contributed by atoms with E-state index in [0.29, 0.717) is 0 Å². The van der Waals surface area contributed by atoms with Gasteiger partial charge in [-0.3, -0.25) is 0 Å². The zero-order valence-corrected chi connectivity index (χ0v) is 28.4. The lowest BCUT2D eigenvalue weighted by molar-refractivity contribution is -0.0177. The predicted molar refractivity (Wildman–Crippen MR) is 193 cm³/mol. The van der Waals surface area contributed by atoms with Crippen LogP contribution in [0.3, 0.4) is 0 Å². The van der Waals surface area contributed by atoms with Crippen LogP contribution < -0.4 is 27.4 Å². The maximum Gasteiger partial charge on any atom is -0.00488 e. The quantitative estimate of drug-likeness (QED) is 0.253. The summed E-state index contributed by atoms with van der Waals surface area (Å²) in [4.78, 5) is 0. The van der Waals surface area contributed by atoms with E-state index in [1.807, 2.05) is 0 Å². The van der Waals surface area contributed by atoms with Gasteiger partial charge in [-0.25, -0.2) is 0 Å². The fraction of sp³-hybridized carbons (Fsp3) is 0.550. The van der Waals surface area contributed by atoms with Crippen LogP contribution in [0, 0.1) is 47.3 Å². The Labute approximate surface area is 270 Å². The van der Waals surface area contributed by atoms with Gasteiger partial charge >= 0.3 is 0 Å². The molecule has 4 fully saturated rings. The second-order valence-corrected chi connectivity index (χ2v) is 18.8. The molecule has 4 saturated carbocycles. The van der Waals surface area contributed by atoms with E-state index in [1.54, 1.807) is 15.9 Å². The van der Waals surface area contributed by atoms with Crippen molar-refractivity contribution in [2.24, 2.45) is 58.8 Å². The minimum Gasteiger partial charge on any atom is -0.330 e. The van der Waals surface area contributed by atoms with Gasteiger partial charge in [0.25, 0.3) is 0 Å². The Morgan fingerprint density at radius 2 is 1.05 bits per heavy atom. The highest BCUT2D eigenvalue weighted by Gasteiger charge is 2.54. The van der Waals surface area contributed by atoms with Crippen LogP contribution in [-0.4, -0.2) is 24.4 Å². The summed E-state index contributed by atoms with van der Waals surface area (Å²) in [5, 5.41) is 4.78. The van der Waals surface area contributed by atoms with Crippen LogP contribution in [0.5, 0.6) is 0 Å². The Hall–Kier alpha value is -1.56. The monoisotopic (exact) mass is 624 g/mol. The summed E-state index contributed by atoms with van der Waals surface area (Å²) in [5.41, 5.74) is 14.2. The Kier molecular flexibility index (Phi) is 10.2. The molecule has 0 bridgehead atoms. The zero-order valence-electron chi connectivity index (χ0n) is 26.5. The van der Waals surface area contributed by atoms with Crippen LogP contribution >= 0.6 is 16.5 Å². The molecule has 0 spiro atoms. The molecule has 11 unspecified atom stereocenters. The topological polar surface area (TPSA) is 52.0 Å². The van der Waals surface area contributed by atoms with E-state index in [4.69, 9.17) is 11.5 Å². The van der Waals surface area contributed by atoms with Crippen LogP contribution in [-0.2, 0) is 0 Å². The second kappa shape index (κ2) is 14.5. The van der Waals surface area contributed by atoms with E-state index >= 15 is 0 Å². The van der Waals surface area contributed by atoms with Crippen molar-refractivity contribution in [3.05, 3.63) is 91.0 Å². The van der Waals surface area contributed by atoms with Crippen molar-refractivity contribution >= 4 is 32.4 Å². The first-order chi connectivity index (χ1) is 21.7. The highest BCUT2D eigenvalue weighted by atomic mass is 31.1. The zero-order chi connectivity index (χ0) is 29.9. The molecule has 7 rings (SSSR count). The molecule has 0 radical (unpaired) electrons. The van der Waals surface area contributed by atoms with Crippen molar-refractivity contribution in [3.63, 3.8) is 0 Å². The number of hydrogen-bond donors (Lipinski definition) is 2. The molecule has 4 N–H and O–H groups in total. The lowest BCUT2D eigenvalue weighted by Gasteiger charge is -2.58. The number of nitrogens with two attached hydrogens (primary N) is 2. The number of rotatable bonds is 8. The van der Waals surface area contributed by atoms with Gasteiger partial charge in [0.1, 0.15) is 0 Å². The summed E-state index contributed by atoms with van der Waals surface area (Å²) < 4.78 is 0. The number of fused-ring (bicyclic) bond motifs is 2. The van der Waals surface area contributed by atoms with Crippen LogP contribution in [0.25, 0.3) is 0 Å². The SMILES string of the molecule is NCC1CCC2C(CCC(Pc3ccccc3)C2C2C3CCC(CN)CC3CCC2P(c2ccccc2)c2ccccc2)C1. The van der Waals surface area contributed by atoms with E-state index in [1.165, 1.54) is 64.2 Å². The van der Waals surface area contributed by atoms with Crippen molar-refractivity contribution in [2.75, 3.05) is 13.1 Å². The minimum atomic E-state index is -0.437. The van der Waals surface area contributed by atoms with Gasteiger partial charge < -0.3 is 11.5 Å². The third-order valence-corrected chi connectivity index (χ3v) is 17.2. The van der Waals surface area contributed by atoms with E-state index < -0.39 is 7.92 Å². The smallest absolute Gasteiger partial charge is 0.00488 e. The molecule has 3 aromatic carbocycles. The molecule has 0 saturated heterocycles. The third-order valence-electron chi connectivity index (χ3n) is 12.5. The highest BCUT2D eigenvalue weighted by Crippen LogP contribution is 2.63. The van der Waals surface area contributed by atoms with E-state index in [0.717, 1.165) is 80.3 Å². The summed E-state index contributed by atoms with van der Waals surface area (Å²) in [5.74, 6) is 6.58. The standard InChI is InChI=1S/C40H54N2P2/c41-26-28-16-20-35-30(24-28)18-22-37(43-32-10-4-1-5-11-32)39(35)40-36-21-17-29(27-42)25-31(36)19-23-38(40)44(33-12-6-2-7-13-33)34-14-8-3-9-15-34/h1-15,28-31,35-40,43H,16-27,41-42H2. The number of hydrogen-bond acceptors (Lipinski definition) is 2. The largest absolute Gasteiger partial charge is 0.330 e. The molecule has 0 amide bonds. The van der Waals surface area contributed by atoms with Crippen molar-refractivity contribution in [2.45, 2.75) is 75.5 Å². The van der Waals surface area contributed by atoms with Crippen molar-refractivity contribution in [1.82, 2.24) is 0 Å². The number of benzene rings is 3. The van der Waals surface area contributed by atoms with Crippen LogP contribution in [0.2, 0.25) is 0 Å². The van der Waals surface area contributed by atoms with Gasteiger partial charge in [0.05, 0.1) is 0 Å².